The van der Waals surface area contributed by atoms with Crippen LogP contribution >= 0.6 is 11.8 Å². The first-order valence-electron chi connectivity index (χ1n) is 6.16. The first kappa shape index (κ1) is 15.0. The predicted molar refractivity (Wildman–Crippen MR) is 69.3 cm³/mol. The number of hydrogen-bond donors (Lipinski definition) is 1. The number of likely N-dealkylation sites (tertiary alicyclic amines) is 1. The van der Waals surface area contributed by atoms with Gasteiger partial charge in [0.2, 0.25) is 11.8 Å². The molecule has 1 aliphatic heterocycles. The van der Waals surface area contributed by atoms with Gasteiger partial charge in [-0.25, -0.2) is 0 Å². The number of rotatable bonds is 6. The number of nitrogens with zero attached hydrogens (tertiary/aromatic N) is 1. The lowest BCUT2D eigenvalue weighted by Crippen LogP contribution is -2.39. The van der Waals surface area contributed by atoms with Gasteiger partial charge >= 0.3 is 5.97 Å². The number of thioether (sulfide) groups is 1. The van der Waals surface area contributed by atoms with E-state index >= 15 is 0 Å². The molecule has 0 saturated carbocycles. The smallest absolute Gasteiger partial charge is 0.316 e. The van der Waals surface area contributed by atoms with E-state index in [1.807, 2.05) is 13.8 Å². The van der Waals surface area contributed by atoms with Gasteiger partial charge in [-0.3, -0.25) is 19.3 Å². The molecule has 0 aromatic rings. The molecule has 18 heavy (non-hydrogen) atoms. The number of aliphatic carboxylic acids is 1. The fourth-order valence-electron chi connectivity index (χ4n) is 1.90. The molecule has 0 aromatic heterocycles. The molecule has 0 aliphatic carbocycles. The van der Waals surface area contributed by atoms with Gasteiger partial charge in [-0.2, -0.15) is 0 Å². The van der Waals surface area contributed by atoms with Gasteiger partial charge in [-0.15, -0.1) is 11.8 Å². The Labute approximate surface area is 111 Å². The maximum atomic E-state index is 12.1. The molecule has 0 bridgehead atoms. The number of amides is 2. The molecule has 0 spiro atoms. The number of carboxylic acid groups (broad SMARTS) is 1. The highest BCUT2D eigenvalue weighted by molar-refractivity contribution is 8.01. The van der Waals surface area contributed by atoms with E-state index in [0.29, 0.717) is 12.8 Å². The normalized spacial score (nSPS) is 23.3. The Kier molecular flexibility index (Phi) is 5.19. The van der Waals surface area contributed by atoms with Gasteiger partial charge < -0.3 is 5.11 Å². The van der Waals surface area contributed by atoms with E-state index in [1.54, 1.807) is 6.92 Å². The molecule has 0 aromatic carbocycles. The third-order valence-corrected chi connectivity index (χ3v) is 4.71. The van der Waals surface area contributed by atoms with Crippen LogP contribution in [-0.4, -0.2) is 44.3 Å². The fourth-order valence-corrected chi connectivity index (χ4v) is 3.08. The molecular weight excluding hydrogens is 254 g/mol. The van der Waals surface area contributed by atoms with E-state index in [-0.39, 0.29) is 24.3 Å². The average Bonchev–Trinajstić information content (AvgIpc) is 2.60. The van der Waals surface area contributed by atoms with Gasteiger partial charge in [0.05, 0.1) is 5.25 Å². The summed E-state index contributed by atoms with van der Waals surface area (Å²) >= 11 is 1.09. The minimum atomic E-state index is -0.926. The summed E-state index contributed by atoms with van der Waals surface area (Å²) in [5.41, 5.74) is 0. The summed E-state index contributed by atoms with van der Waals surface area (Å²) in [6.07, 6.45) is 1.28. The van der Waals surface area contributed by atoms with Gasteiger partial charge in [0.1, 0.15) is 5.25 Å². The van der Waals surface area contributed by atoms with Crippen molar-refractivity contribution in [3.05, 3.63) is 0 Å². The van der Waals surface area contributed by atoms with Gasteiger partial charge in [0.25, 0.3) is 0 Å². The summed E-state index contributed by atoms with van der Waals surface area (Å²) in [6.45, 7) is 5.51. The van der Waals surface area contributed by atoms with E-state index in [2.05, 4.69) is 0 Å². The second-order valence-electron chi connectivity index (χ2n) is 4.42. The number of carboxylic acids is 1. The highest BCUT2D eigenvalue weighted by Gasteiger charge is 2.42. The van der Waals surface area contributed by atoms with Crippen LogP contribution in [0.4, 0.5) is 0 Å². The van der Waals surface area contributed by atoms with Crippen molar-refractivity contribution in [3.63, 3.8) is 0 Å². The standard InChI is InChI=1S/C12H19NO4S/c1-4-7(3)13-10(14)6-9(11(13)15)18-8(5-2)12(16)17/h7-9H,4-6H2,1-3H3,(H,16,17). The minimum Gasteiger partial charge on any atom is -0.480 e. The molecule has 6 heteroatoms. The Morgan fingerprint density at radius 2 is 2.06 bits per heavy atom. The summed E-state index contributed by atoms with van der Waals surface area (Å²) in [5.74, 6) is -1.35. The van der Waals surface area contributed by atoms with Crippen molar-refractivity contribution in [1.29, 1.82) is 0 Å². The van der Waals surface area contributed by atoms with Crippen LogP contribution in [0.25, 0.3) is 0 Å². The van der Waals surface area contributed by atoms with E-state index in [4.69, 9.17) is 5.11 Å². The second-order valence-corrected chi connectivity index (χ2v) is 5.83. The summed E-state index contributed by atoms with van der Waals surface area (Å²) < 4.78 is 0. The number of imide groups is 1. The van der Waals surface area contributed by atoms with Crippen LogP contribution in [-0.2, 0) is 14.4 Å². The molecule has 5 nitrogen and oxygen atoms in total. The number of carbonyl (C=O) groups excluding carboxylic acids is 2. The molecule has 1 rings (SSSR count). The average molecular weight is 273 g/mol. The Morgan fingerprint density at radius 1 is 1.44 bits per heavy atom. The quantitative estimate of drug-likeness (QED) is 0.742. The van der Waals surface area contributed by atoms with Crippen molar-refractivity contribution < 1.29 is 19.5 Å². The number of carbonyl (C=O) groups is 3. The largest absolute Gasteiger partial charge is 0.480 e. The fraction of sp³-hybridized carbons (Fsp3) is 0.750. The Bertz CT molecular complexity index is 358. The zero-order valence-corrected chi connectivity index (χ0v) is 11.7. The van der Waals surface area contributed by atoms with Gasteiger partial charge in [-0.05, 0) is 19.8 Å². The van der Waals surface area contributed by atoms with Crippen molar-refractivity contribution in [2.45, 2.75) is 56.6 Å². The third-order valence-electron chi connectivity index (χ3n) is 3.15. The summed E-state index contributed by atoms with van der Waals surface area (Å²) in [6, 6.07) is -0.111. The van der Waals surface area contributed by atoms with E-state index < -0.39 is 16.5 Å². The summed E-state index contributed by atoms with van der Waals surface area (Å²) in [7, 11) is 0. The van der Waals surface area contributed by atoms with E-state index in [1.165, 1.54) is 4.90 Å². The van der Waals surface area contributed by atoms with Crippen molar-refractivity contribution in [2.24, 2.45) is 0 Å². The Morgan fingerprint density at radius 3 is 2.50 bits per heavy atom. The van der Waals surface area contributed by atoms with E-state index in [0.717, 1.165) is 11.8 Å². The summed E-state index contributed by atoms with van der Waals surface area (Å²) in [5, 5.41) is 7.82. The molecule has 3 atom stereocenters. The zero-order chi connectivity index (χ0) is 13.9. The molecule has 102 valence electrons. The second kappa shape index (κ2) is 6.22. The maximum Gasteiger partial charge on any atom is 0.316 e. The van der Waals surface area contributed by atoms with Crippen LogP contribution in [0.3, 0.4) is 0 Å². The van der Waals surface area contributed by atoms with Crippen LogP contribution in [0.15, 0.2) is 0 Å². The molecule has 1 N–H and O–H groups in total. The summed E-state index contributed by atoms with van der Waals surface area (Å²) in [4.78, 5) is 36.1. The molecule has 1 fully saturated rings. The van der Waals surface area contributed by atoms with Crippen LogP contribution in [0.5, 0.6) is 0 Å². The first-order valence-corrected chi connectivity index (χ1v) is 7.10. The topological polar surface area (TPSA) is 74.7 Å². The molecular formula is C12H19NO4S. The molecule has 1 saturated heterocycles. The molecule has 1 heterocycles. The van der Waals surface area contributed by atoms with Gasteiger partial charge in [0.15, 0.2) is 0 Å². The predicted octanol–water partition coefficient (Wildman–Crippen LogP) is 1.51. The van der Waals surface area contributed by atoms with E-state index in [9.17, 15) is 14.4 Å². The molecule has 1 aliphatic rings. The van der Waals surface area contributed by atoms with Crippen LogP contribution in [0.1, 0.15) is 40.0 Å². The first-order chi connectivity index (χ1) is 8.42. The Hall–Kier alpha value is -1.04. The molecule has 2 amide bonds. The zero-order valence-electron chi connectivity index (χ0n) is 10.9. The van der Waals surface area contributed by atoms with Gasteiger partial charge in [0, 0.05) is 12.5 Å². The Balaban J connectivity index is 2.74. The van der Waals surface area contributed by atoms with Crippen LogP contribution in [0.2, 0.25) is 0 Å². The highest BCUT2D eigenvalue weighted by Crippen LogP contribution is 2.31. The van der Waals surface area contributed by atoms with Crippen molar-refractivity contribution in [3.8, 4) is 0 Å². The van der Waals surface area contributed by atoms with Crippen molar-refractivity contribution in [1.82, 2.24) is 4.90 Å². The lowest BCUT2D eigenvalue weighted by Gasteiger charge is -2.22. The molecule has 3 unspecified atom stereocenters. The van der Waals surface area contributed by atoms with Crippen LogP contribution in [0, 0.1) is 0 Å². The SMILES string of the molecule is CCC(SC1CC(=O)N(C(C)CC)C1=O)C(=O)O. The van der Waals surface area contributed by atoms with Gasteiger partial charge in [-0.1, -0.05) is 13.8 Å². The maximum absolute atomic E-state index is 12.1. The minimum absolute atomic E-state index is 0.111. The lowest BCUT2D eigenvalue weighted by atomic mass is 10.2. The van der Waals surface area contributed by atoms with Crippen LogP contribution < -0.4 is 0 Å². The number of hydrogen-bond acceptors (Lipinski definition) is 4. The van der Waals surface area contributed by atoms with Crippen molar-refractivity contribution in [2.75, 3.05) is 0 Å². The third kappa shape index (κ3) is 3.04. The lowest BCUT2D eigenvalue weighted by molar-refractivity contribution is -0.140. The van der Waals surface area contributed by atoms with Crippen molar-refractivity contribution >= 4 is 29.5 Å². The molecule has 0 radical (unpaired) electrons. The highest BCUT2D eigenvalue weighted by atomic mass is 32.2. The monoisotopic (exact) mass is 273 g/mol.